The second-order valence-corrected chi connectivity index (χ2v) is 6.52. The Kier molecular flexibility index (Phi) is 5.38. The summed E-state index contributed by atoms with van der Waals surface area (Å²) in [6.45, 7) is 5.12. The molecule has 0 saturated carbocycles. The third-order valence-corrected chi connectivity index (χ3v) is 4.59. The van der Waals surface area contributed by atoms with Crippen LogP contribution in [0, 0.1) is 18.3 Å². The SMILES string of the molecule is CCCCN1C(=O)/C(=C(/C#N)CNc2ccccc2)c2cc(C)ccc21. The van der Waals surface area contributed by atoms with Crippen molar-refractivity contribution in [3.8, 4) is 6.07 Å². The molecule has 2 aromatic carbocycles. The predicted molar refractivity (Wildman–Crippen MR) is 106 cm³/mol. The molecule has 3 rings (SSSR count). The minimum Gasteiger partial charge on any atom is -0.380 e. The highest BCUT2D eigenvalue weighted by Gasteiger charge is 2.34. The van der Waals surface area contributed by atoms with E-state index in [4.69, 9.17) is 0 Å². The standard InChI is InChI=1S/C22H23N3O/c1-3-4-12-25-20-11-10-16(2)13-19(20)21(22(25)26)17(14-23)15-24-18-8-6-5-7-9-18/h5-11,13,24H,3-4,12,15H2,1-2H3/b21-17-. The average Bonchev–Trinajstić information content (AvgIpc) is 2.92. The molecule has 2 aromatic rings. The second kappa shape index (κ2) is 7.88. The Bertz CT molecular complexity index is 878. The highest BCUT2D eigenvalue weighted by Crippen LogP contribution is 2.39. The molecule has 0 fully saturated rings. The van der Waals surface area contributed by atoms with E-state index in [1.165, 1.54) is 0 Å². The smallest absolute Gasteiger partial charge is 0.260 e. The van der Waals surface area contributed by atoms with Gasteiger partial charge in [-0.1, -0.05) is 43.2 Å². The zero-order valence-corrected chi connectivity index (χ0v) is 15.2. The Morgan fingerprint density at radius 3 is 2.65 bits per heavy atom. The molecule has 1 heterocycles. The zero-order valence-electron chi connectivity index (χ0n) is 15.2. The Morgan fingerprint density at radius 1 is 1.19 bits per heavy atom. The second-order valence-electron chi connectivity index (χ2n) is 6.52. The van der Waals surface area contributed by atoms with Crippen molar-refractivity contribution in [1.82, 2.24) is 0 Å². The Balaban J connectivity index is 1.98. The third kappa shape index (κ3) is 3.48. The van der Waals surface area contributed by atoms with Crippen molar-refractivity contribution in [2.75, 3.05) is 23.3 Å². The molecule has 0 unspecified atom stereocenters. The van der Waals surface area contributed by atoms with Crippen LogP contribution in [0.25, 0.3) is 5.57 Å². The van der Waals surface area contributed by atoms with Gasteiger partial charge in [-0.05, 0) is 37.6 Å². The van der Waals surface area contributed by atoms with Crippen molar-refractivity contribution in [3.05, 3.63) is 65.2 Å². The number of fused-ring (bicyclic) bond motifs is 1. The fourth-order valence-corrected chi connectivity index (χ4v) is 3.21. The molecule has 26 heavy (non-hydrogen) atoms. The summed E-state index contributed by atoms with van der Waals surface area (Å²) in [6, 6.07) is 18.0. The summed E-state index contributed by atoms with van der Waals surface area (Å²) in [4.78, 5) is 14.9. The molecule has 0 atom stereocenters. The molecular formula is C22H23N3O. The number of para-hydroxylation sites is 1. The van der Waals surface area contributed by atoms with E-state index in [-0.39, 0.29) is 5.91 Å². The van der Waals surface area contributed by atoms with Crippen LogP contribution >= 0.6 is 0 Å². The maximum Gasteiger partial charge on any atom is 0.260 e. The molecule has 0 spiro atoms. The number of unbranched alkanes of at least 4 members (excludes halogenated alkanes) is 1. The molecule has 0 bridgehead atoms. The number of hydrogen-bond donors (Lipinski definition) is 1. The first-order valence-electron chi connectivity index (χ1n) is 9.00. The number of rotatable bonds is 6. The Hall–Kier alpha value is -3.06. The summed E-state index contributed by atoms with van der Waals surface area (Å²) < 4.78 is 0. The monoisotopic (exact) mass is 345 g/mol. The maximum atomic E-state index is 13.1. The van der Waals surface area contributed by atoms with Crippen molar-refractivity contribution in [2.45, 2.75) is 26.7 Å². The fraction of sp³-hybridized carbons (Fsp3) is 0.273. The van der Waals surface area contributed by atoms with Crippen molar-refractivity contribution in [1.29, 1.82) is 5.26 Å². The van der Waals surface area contributed by atoms with Crippen LogP contribution in [0.3, 0.4) is 0 Å². The molecule has 0 saturated heterocycles. The molecule has 1 amide bonds. The van der Waals surface area contributed by atoms with E-state index in [9.17, 15) is 10.1 Å². The van der Waals surface area contributed by atoms with Crippen LogP contribution in [0.15, 0.2) is 54.1 Å². The number of carbonyl (C=O) groups excluding carboxylic acids is 1. The van der Waals surface area contributed by atoms with Crippen molar-refractivity contribution < 1.29 is 4.79 Å². The van der Waals surface area contributed by atoms with E-state index in [0.717, 1.165) is 35.3 Å². The zero-order chi connectivity index (χ0) is 18.5. The summed E-state index contributed by atoms with van der Waals surface area (Å²) in [7, 11) is 0. The topological polar surface area (TPSA) is 56.1 Å². The van der Waals surface area contributed by atoms with Crippen LogP contribution in [-0.4, -0.2) is 19.0 Å². The minimum atomic E-state index is -0.0644. The average molecular weight is 345 g/mol. The van der Waals surface area contributed by atoms with Gasteiger partial charge in [-0.15, -0.1) is 0 Å². The van der Waals surface area contributed by atoms with Gasteiger partial charge in [0.05, 0.1) is 29.4 Å². The molecule has 132 valence electrons. The lowest BCUT2D eigenvalue weighted by Crippen LogP contribution is -2.28. The van der Waals surface area contributed by atoms with Crippen LogP contribution in [0.5, 0.6) is 0 Å². The summed E-state index contributed by atoms with van der Waals surface area (Å²) in [6.07, 6.45) is 1.96. The summed E-state index contributed by atoms with van der Waals surface area (Å²) in [5.41, 5.74) is 4.81. The van der Waals surface area contributed by atoms with Gasteiger partial charge in [0.15, 0.2) is 0 Å². The first kappa shape index (κ1) is 17.8. The molecule has 4 heteroatoms. The van der Waals surface area contributed by atoms with Crippen LogP contribution in [0.2, 0.25) is 0 Å². The van der Waals surface area contributed by atoms with Gasteiger partial charge in [-0.2, -0.15) is 5.26 Å². The summed E-state index contributed by atoms with van der Waals surface area (Å²) in [5, 5.41) is 13.0. The number of carbonyl (C=O) groups is 1. The lowest BCUT2D eigenvalue weighted by molar-refractivity contribution is -0.113. The van der Waals surface area contributed by atoms with Crippen LogP contribution in [0.1, 0.15) is 30.9 Å². The number of anilines is 2. The molecule has 1 aliphatic rings. The van der Waals surface area contributed by atoms with Gasteiger partial charge in [-0.25, -0.2) is 0 Å². The van der Waals surface area contributed by atoms with Gasteiger partial charge in [0, 0.05) is 17.8 Å². The number of nitrogens with one attached hydrogen (secondary N) is 1. The number of benzene rings is 2. The lowest BCUT2D eigenvalue weighted by atomic mass is 10.00. The van der Waals surface area contributed by atoms with Crippen LogP contribution < -0.4 is 10.2 Å². The van der Waals surface area contributed by atoms with Crippen molar-refractivity contribution >= 4 is 22.9 Å². The molecule has 1 aliphatic heterocycles. The molecule has 0 aromatic heterocycles. The summed E-state index contributed by atoms with van der Waals surface area (Å²) in [5.74, 6) is -0.0644. The first-order chi connectivity index (χ1) is 12.7. The Labute approximate surface area is 154 Å². The van der Waals surface area contributed by atoms with E-state index >= 15 is 0 Å². The molecule has 0 radical (unpaired) electrons. The molecule has 4 nitrogen and oxygen atoms in total. The van der Waals surface area contributed by atoms with Gasteiger partial charge >= 0.3 is 0 Å². The van der Waals surface area contributed by atoms with E-state index in [0.29, 0.717) is 24.2 Å². The Morgan fingerprint density at radius 2 is 1.96 bits per heavy atom. The number of nitriles is 1. The van der Waals surface area contributed by atoms with Gasteiger partial charge < -0.3 is 10.2 Å². The quantitative estimate of drug-likeness (QED) is 0.618. The molecule has 0 aliphatic carbocycles. The number of nitrogens with zero attached hydrogens (tertiary/aromatic N) is 2. The first-order valence-corrected chi connectivity index (χ1v) is 9.00. The fourth-order valence-electron chi connectivity index (χ4n) is 3.21. The minimum absolute atomic E-state index is 0.0644. The highest BCUT2D eigenvalue weighted by molar-refractivity contribution is 6.33. The number of hydrogen-bond acceptors (Lipinski definition) is 3. The lowest BCUT2D eigenvalue weighted by Gasteiger charge is -2.16. The third-order valence-electron chi connectivity index (χ3n) is 4.59. The molecule has 1 N–H and O–H groups in total. The molecular weight excluding hydrogens is 322 g/mol. The van der Waals surface area contributed by atoms with Gasteiger partial charge in [0.1, 0.15) is 0 Å². The van der Waals surface area contributed by atoms with Crippen molar-refractivity contribution in [2.24, 2.45) is 0 Å². The highest BCUT2D eigenvalue weighted by atomic mass is 16.2. The largest absolute Gasteiger partial charge is 0.380 e. The maximum absolute atomic E-state index is 13.1. The normalized spacial score (nSPS) is 14.8. The van der Waals surface area contributed by atoms with E-state index in [1.807, 2.05) is 60.4 Å². The summed E-state index contributed by atoms with van der Waals surface area (Å²) >= 11 is 0. The van der Waals surface area contributed by atoms with Crippen molar-refractivity contribution in [3.63, 3.8) is 0 Å². The van der Waals surface area contributed by atoms with E-state index < -0.39 is 0 Å². The predicted octanol–water partition coefficient (Wildman–Crippen LogP) is 4.53. The van der Waals surface area contributed by atoms with Gasteiger partial charge in [-0.3, -0.25) is 4.79 Å². The van der Waals surface area contributed by atoms with E-state index in [2.05, 4.69) is 18.3 Å². The van der Waals surface area contributed by atoms with Crippen LogP contribution in [0.4, 0.5) is 11.4 Å². The number of aryl methyl sites for hydroxylation is 1. The van der Waals surface area contributed by atoms with Gasteiger partial charge in [0.25, 0.3) is 5.91 Å². The van der Waals surface area contributed by atoms with Gasteiger partial charge in [0.2, 0.25) is 0 Å². The number of amides is 1. The van der Waals surface area contributed by atoms with Crippen LogP contribution in [-0.2, 0) is 4.79 Å². The van der Waals surface area contributed by atoms with E-state index in [1.54, 1.807) is 0 Å².